The van der Waals surface area contributed by atoms with E-state index in [2.05, 4.69) is 39.3 Å². The Kier molecular flexibility index (Phi) is 4.81. The van der Waals surface area contributed by atoms with Crippen molar-refractivity contribution in [1.29, 1.82) is 0 Å². The molecule has 0 fully saturated rings. The number of pyridine rings is 1. The number of H-pyrrole nitrogens is 1. The number of aromatic nitrogens is 4. The molecule has 6 nitrogen and oxygen atoms in total. The van der Waals surface area contributed by atoms with Crippen LogP contribution in [-0.2, 0) is 4.79 Å². The molecule has 0 saturated carbocycles. The lowest BCUT2D eigenvalue weighted by Gasteiger charge is -2.06. The summed E-state index contributed by atoms with van der Waals surface area (Å²) in [5, 5.41) is 9.43. The number of rotatable bonds is 6. The summed E-state index contributed by atoms with van der Waals surface area (Å²) in [6, 6.07) is 5.53. The van der Waals surface area contributed by atoms with E-state index in [0.29, 0.717) is 29.8 Å². The molecule has 2 aromatic heterocycles. The van der Waals surface area contributed by atoms with E-state index in [9.17, 15) is 4.79 Å². The van der Waals surface area contributed by atoms with Crippen LogP contribution in [-0.4, -0.2) is 26.1 Å². The second kappa shape index (κ2) is 6.79. The van der Waals surface area contributed by atoms with Gasteiger partial charge in [0.25, 0.3) is 0 Å². The Morgan fingerprint density at radius 1 is 1.45 bits per heavy atom. The fourth-order valence-corrected chi connectivity index (χ4v) is 1.70. The summed E-state index contributed by atoms with van der Waals surface area (Å²) in [5.74, 6) is 1.33. The maximum atomic E-state index is 11.8. The Bertz CT molecular complexity index is 552. The molecule has 0 aliphatic heterocycles. The number of anilines is 1. The summed E-state index contributed by atoms with van der Waals surface area (Å²) in [6.45, 7) is 4.26. The number of nitrogens with zero attached hydrogens (tertiary/aromatic N) is 3. The van der Waals surface area contributed by atoms with Crippen LogP contribution in [0, 0.1) is 5.92 Å². The van der Waals surface area contributed by atoms with Crippen molar-refractivity contribution in [2.75, 3.05) is 5.32 Å². The van der Waals surface area contributed by atoms with Gasteiger partial charge in [-0.05, 0) is 24.5 Å². The molecule has 20 heavy (non-hydrogen) atoms. The van der Waals surface area contributed by atoms with E-state index in [1.54, 1.807) is 6.20 Å². The van der Waals surface area contributed by atoms with Crippen LogP contribution < -0.4 is 5.32 Å². The molecular weight excluding hydrogens is 254 g/mol. The van der Waals surface area contributed by atoms with Crippen molar-refractivity contribution in [1.82, 2.24) is 20.2 Å². The SMILES string of the molecule is CCC(C)CCC(=O)Nc1n[nH]c(-c2ccccn2)n1. The number of aromatic amines is 1. The number of amides is 1. The summed E-state index contributed by atoms with van der Waals surface area (Å²) in [4.78, 5) is 20.1. The van der Waals surface area contributed by atoms with Crippen molar-refractivity contribution < 1.29 is 4.79 Å². The van der Waals surface area contributed by atoms with Gasteiger partial charge in [0.05, 0.1) is 0 Å². The number of nitrogens with one attached hydrogen (secondary N) is 2. The molecule has 0 aliphatic carbocycles. The fourth-order valence-electron chi connectivity index (χ4n) is 1.70. The Morgan fingerprint density at radius 3 is 3.00 bits per heavy atom. The molecule has 0 radical (unpaired) electrons. The first-order valence-electron chi connectivity index (χ1n) is 6.82. The average molecular weight is 273 g/mol. The van der Waals surface area contributed by atoms with E-state index in [-0.39, 0.29) is 5.91 Å². The van der Waals surface area contributed by atoms with Gasteiger partial charge in [0.15, 0.2) is 5.82 Å². The van der Waals surface area contributed by atoms with E-state index < -0.39 is 0 Å². The highest BCUT2D eigenvalue weighted by atomic mass is 16.1. The van der Waals surface area contributed by atoms with Crippen LogP contribution in [0.1, 0.15) is 33.1 Å². The van der Waals surface area contributed by atoms with Crippen molar-refractivity contribution in [2.24, 2.45) is 5.92 Å². The van der Waals surface area contributed by atoms with Gasteiger partial charge in [-0.2, -0.15) is 4.98 Å². The molecule has 106 valence electrons. The summed E-state index contributed by atoms with van der Waals surface area (Å²) in [6.07, 6.45) is 4.13. The van der Waals surface area contributed by atoms with Gasteiger partial charge in [0, 0.05) is 12.6 Å². The summed E-state index contributed by atoms with van der Waals surface area (Å²) in [7, 11) is 0. The molecule has 1 amide bonds. The zero-order chi connectivity index (χ0) is 14.4. The normalized spacial score (nSPS) is 12.1. The van der Waals surface area contributed by atoms with Gasteiger partial charge in [-0.15, -0.1) is 5.10 Å². The minimum atomic E-state index is -0.0585. The van der Waals surface area contributed by atoms with Crippen molar-refractivity contribution >= 4 is 11.9 Å². The summed E-state index contributed by atoms with van der Waals surface area (Å²) in [5.41, 5.74) is 0.695. The molecule has 2 aromatic rings. The zero-order valence-electron chi connectivity index (χ0n) is 11.8. The Hall–Kier alpha value is -2.24. The lowest BCUT2D eigenvalue weighted by molar-refractivity contribution is -0.116. The molecule has 0 bridgehead atoms. The van der Waals surface area contributed by atoms with E-state index in [1.165, 1.54) is 0 Å². The van der Waals surface area contributed by atoms with Gasteiger partial charge in [-0.1, -0.05) is 26.3 Å². The minimum absolute atomic E-state index is 0.0585. The third-order valence-corrected chi connectivity index (χ3v) is 3.21. The molecule has 0 aliphatic rings. The molecule has 0 spiro atoms. The van der Waals surface area contributed by atoms with Gasteiger partial charge in [-0.3, -0.25) is 20.2 Å². The first-order valence-corrected chi connectivity index (χ1v) is 6.82. The Labute approximate surface area is 118 Å². The molecule has 1 unspecified atom stereocenters. The number of carbonyl (C=O) groups is 1. The van der Waals surface area contributed by atoms with Crippen LogP contribution in [0.15, 0.2) is 24.4 Å². The van der Waals surface area contributed by atoms with Crippen LogP contribution in [0.5, 0.6) is 0 Å². The van der Waals surface area contributed by atoms with Gasteiger partial charge in [0.2, 0.25) is 11.9 Å². The largest absolute Gasteiger partial charge is 0.293 e. The maximum Gasteiger partial charge on any atom is 0.249 e. The van der Waals surface area contributed by atoms with E-state index in [4.69, 9.17) is 0 Å². The van der Waals surface area contributed by atoms with Crippen LogP contribution in [0.3, 0.4) is 0 Å². The predicted molar refractivity (Wildman–Crippen MR) is 76.9 cm³/mol. The van der Waals surface area contributed by atoms with Gasteiger partial charge in [0.1, 0.15) is 5.69 Å². The van der Waals surface area contributed by atoms with Crippen LogP contribution in [0.4, 0.5) is 5.95 Å². The van der Waals surface area contributed by atoms with Crippen LogP contribution in [0.2, 0.25) is 0 Å². The molecular formula is C14H19N5O. The van der Waals surface area contributed by atoms with Gasteiger partial charge < -0.3 is 0 Å². The topological polar surface area (TPSA) is 83.6 Å². The van der Waals surface area contributed by atoms with Crippen molar-refractivity contribution in [2.45, 2.75) is 33.1 Å². The van der Waals surface area contributed by atoms with Crippen molar-refractivity contribution in [3.05, 3.63) is 24.4 Å². The minimum Gasteiger partial charge on any atom is -0.293 e. The number of carbonyl (C=O) groups excluding carboxylic acids is 1. The molecule has 2 N–H and O–H groups in total. The molecule has 2 rings (SSSR count). The lowest BCUT2D eigenvalue weighted by atomic mass is 10.0. The zero-order valence-corrected chi connectivity index (χ0v) is 11.8. The van der Waals surface area contributed by atoms with E-state index in [1.807, 2.05) is 18.2 Å². The highest BCUT2D eigenvalue weighted by Gasteiger charge is 2.10. The Morgan fingerprint density at radius 2 is 2.30 bits per heavy atom. The molecule has 6 heteroatoms. The standard InChI is InChI=1S/C14H19N5O/c1-3-10(2)7-8-12(20)16-14-17-13(18-19-14)11-6-4-5-9-15-11/h4-6,9-10H,3,7-8H2,1-2H3,(H2,16,17,18,19,20). The molecule has 2 heterocycles. The van der Waals surface area contributed by atoms with Crippen LogP contribution in [0.25, 0.3) is 11.5 Å². The van der Waals surface area contributed by atoms with Gasteiger partial charge >= 0.3 is 0 Å². The number of hydrogen-bond donors (Lipinski definition) is 2. The molecule has 0 aromatic carbocycles. The van der Waals surface area contributed by atoms with Crippen molar-refractivity contribution in [3.8, 4) is 11.5 Å². The van der Waals surface area contributed by atoms with Gasteiger partial charge in [-0.25, -0.2) is 0 Å². The first kappa shape index (κ1) is 14.2. The fraction of sp³-hybridized carbons (Fsp3) is 0.429. The van der Waals surface area contributed by atoms with E-state index >= 15 is 0 Å². The monoisotopic (exact) mass is 273 g/mol. The maximum absolute atomic E-state index is 11.8. The summed E-state index contributed by atoms with van der Waals surface area (Å²) < 4.78 is 0. The molecule has 0 saturated heterocycles. The van der Waals surface area contributed by atoms with E-state index in [0.717, 1.165) is 12.8 Å². The number of hydrogen-bond acceptors (Lipinski definition) is 4. The second-order valence-corrected chi connectivity index (χ2v) is 4.82. The van der Waals surface area contributed by atoms with Crippen LogP contribution >= 0.6 is 0 Å². The first-order chi connectivity index (χ1) is 9.69. The quantitative estimate of drug-likeness (QED) is 0.847. The highest BCUT2D eigenvalue weighted by molar-refractivity contribution is 5.89. The third-order valence-electron chi connectivity index (χ3n) is 3.21. The smallest absolute Gasteiger partial charge is 0.249 e. The second-order valence-electron chi connectivity index (χ2n) is 4.82. The van der Waals surface area contributed by atoms with Crippen molar-refractivity contribution in [3.63, 3.8) is 0 Å². The third kappa shape index (κ3) is 3.88. The highest BCUT2D eigenvalue weighted by Crippen LogP contribution is 2.13. The Balaban J connectivity index is 1.91. The lowest BCUT2D eigenvalue weighted by Crippen LogP contribution is -2.13. The summed E-state index contributed by atoms with van der Waals surface area (Å²) >= 11 is 0. The molecule has 1 atom stereocenters. The predicted octanol–water partition coefficient (Wildman–Crippen LogP) is 2.63. The average Bonchev–Trinajstić information content (AvgIpc) is 2.94.